The molecule has 0 unspecified atom stereocenters. The maximum absolute atomic E-state index is 13.6. The molecule has 1 amide bonds. The second-order valence-electron chi connectivity index (χ2n) is 11.0. The molecule has 2 aromatic heterocycles. The highest BCUT2D eigenvalue weighted by molar-refractivity contribution is 5.94. The van der Waals surface area contributed by atoms with Crippen LogP contribution in [-0.2, 0) is 6.54 Å². The first kappa shape index (κ1) is 28.2. The predicted molar refractivity (Wildman–Crippen MR) is 168 cm³/mol. The fourth-order valence-electron chi connectivity index (χ4n) is 5.52. The van der Waals surface area contributed by atoms with E-state index in [1.54, 1.807) is 31.3 Å². The number of nitrogens with zero attached hydrogens (tertiary/aromatic N) is 5. The third-order valence-electron chi connectivity index (χ3n) is 7.95. The van der Waals surface area contributed by atoms with Gasteiger partial charge in [-0.1, -0.05) is 12.1 Å². The highest BCUT2D eigenvalue weighted by atomic mass is 19.1. The van der Waals surface area contributed by atoms with Gasteiger partial charge in [-0.05, 0) is 105 Å². The monoisotopic (exact) mass is 575 g/mol. The van der Waals surface area contributed by atoms with Gasteiger partial charge in [-0.25, -0.2) is 9.37 Å². The number of halogens is 1. The van der Waals surface area contributed by atoms with Gasteiger partial charge in [0.25, 0.3) is 5.91 Å². The molecule has 218 valence electrons. The standard InChI is InChI=1S/C34H34FN7O/c1-23-20-28(10-11-30(23)35)38-32-13-17-37-34(40-32)39-27-8-6-25(7-9-27)33(43)42-18-14-29(15-19-42)41(2)22-24-5-12-31-26(21-24)4-3-16-36-31/h3-13,16-17,20-21,29H,14-15,18-19,22H2,1-2H3,(H2,37,38,39,40). The normalized spacial score (nSPS) is 13.8. The van der Waals surface area contributed by atoms with Crippen molar-refractivity contribution in [2.75, 3.05) is 30.8 Å². The maximum Gasteiger partial charge on any atom is 0.253 e. The van der Waals surface area contributed by atoms with Gasteiger partial charge in [-0.3, -0.25) is 14.7 Å². The summed E-state index contributed by atoms with van der Waals surface area (Å²) in [4.78, 5) is 30.8. The second-order valence-corrected chi connectivity index (χ2v) is 11.0. The van der Waals surface area contributed by atoms with Crippen molar-refractivity contribution >= 4 is 40.0 Å². The molecule has 0 atom stereocenters. The number of nitrogens with one attached hydrogen (secondary N) is 2. The lowest BCUT2D eigenvalue weighted by molar-refractivity contribution is 0.0639. The number of carbonyl (C=O) groups is 1. The molecule has 0 spiro atoms. The van der Waals surface area contributed by atoms with E-state index in [2.05, 4.69) is 61.8 Å². The molecule has 0 saturated carbocycles. The zero-order valence-electron chi connectivity index (χ0n) is 24.3. The van der Waals surface area contributed by atoms with Crippen LogP contribution in [0.15, 0.2) is 91.3 Å². The number of carbonyl (C=O) groups excluding carboxylic acids is 1. The largest absolute Gasteiger partial charge is 0.340 e. The maximum atomic E-state index is 13.6. The van der Waals surface area contributed by atoms with Crippen molar-refractivity contribution in [1.82, 2.24) is 24.8 Å². The molecule has 1 fully saturated rings. The minimum atomic E-state index is -0.249. The van der Waals surface area contributed by atoms with Crippen molar-refractivity contribution in [3.63, 3.8) is 0 Å². The Morgan fingerprint density at radius 2 is 1.72 bits per heavy atom. The summed E-state index contributed by atoms with van der Waals surface area (Å²) < 4.78 is 13.6. The van der Waals surface area contributed by atoms with E-state index in [1.807, 2.05) is 41.4 Å². The van der Waals surface area contributed by atoms with Gasteiger partial charge in [0.2, 0.25) is 5.95 Å². The molecule has 2 N–H and O–H groups in total. The van der Waals surface area contributed by atoms with Gasteiger partial charge < -0.3 is 15.5 Å². The Morgan fingerprint density at radius 1 is 0.930 bits per heavy atom. The first-order valence-electron chi connectivity index (χ1n) is 14.5. The van der Waals surface area contributed by atoms with Crippen LogP contribution in [0.2, 0.25) is 0 Å². The summed E-state index contributed by atoms with van der Waals surface area (Å²) in [6.45, 7) is 4.05. The first-order valence-corrected chi connectivity index (χ1v) is 14.5. The molecule has 1 saturated heterocycles. The molecule has 9 heteroatoms. The van der Waals surface area contributed by atoms with Gasteiger partial charge in [-0.15, -0.1) is 0 Å². The number of hydrogen-bond acceptors (Lipinski definition) is 7. The third-order valence-corrected chi connectivity index (χ3v) is 7.95. The van der Waals surface area contributed by atoms with Crippen molar-refractivity contribution in [2.45, 2.75) is 32.4 Å². The van der Waals surface area contributed by atoms with E-state index < -0.39 is 0 Å². The lowest BCUT2D eigenvalue weighted by atomic mass is 10.0. The number of rotatable bonds is 8. The van der Waals surface area contributed by atoms with Crippen molar-refractivity contribution in [3.8, 4) is 0 Å². The summed E-state index contributed by atoms with van der Waals surface area (Å²) in [5.74, 6) is 0.792. The van der Waals surface area contributed by atoms with Gasteiger partial charge in [0.1, 0.15) is 11.6 Å². The zero-order chi connectivity index (χ0) is 29.8. The Hall–Kier alpha value is -4.89. The molecule has 1 aliphatic rings. The fourth-order valence-corrected chi connectivity index (χ4v) is 5.52. The molecular formula is C34H34FN7O. The molecule has 0 radical (unpaired) electrons. The molecule has 43 heavy (non-hydrogen) atoms. The first-order chi connectivity index (χ1) is 20.9. The number of fused-ring (bicyclic) bond motifs is 1. The average Bonchev–Trinajstić information content (AvgIpc) is 3.03. The smallest absolute Gasteiger partial charge is 0.253 e. The summed E-state index contributed by atoms with van der Waals surface area (Å²) in [5, 5.41) is 7.52. The lowest BCUT2D eigenvalue weighted by Crippen LogP contribution is -2.45. The Kier molecular flexibility index (Phi) is 8.24. The van der Waals surface area contributed by atoms with E-state index in [1.165, 1.54) is 11.6 Å². The third kappa shape index (κ3) is 6.79. The Morgan fingerprint density at radius 3 is 2.51 bits per heavy atom. The highest BCUT2D eigenvalue weighted by Crippen LogP contribution is 2.23. The van der Waals surface area contributed by atoms with E-state index in [-0.39, 0.29) is 11.7 Å². The minimum Gasteiger partial charge on any atom is -0.340 e. The van der Waals surface area contributed by atoms with Crippen LogP contribution in [0.1, 0.15) is 34.3 Å². The zero-order valence-corrected chi connectivity index (χ0v) is 24.3. The number of pyridine rings is 1. The molecular weight excluding hydrogens is 541 g/mol. The SMILES string of the molecule is Cc1cc(Nc2ccnc(Nc3ccc(C(=O)N4CCC(N(C)Cc5ccc6ncccc6c5)CC4)cc3)n2)ccc1F. The molecule has 3 heterocycles. The summed E-state index contributed by atoms with van der Waals surface area (Å²) >= 11 is 0. The van der Waals surface area contributed by atoms with E-state index in [0.717, 1.165) is 54.8 Å². The fraction of sp³-hybridized carbons (Fsp3) is 0.235. The van der Waals surface area contributed by atoms with Crippen LogP contribution < -0.4 is 10.6 Å². The van der Waals surface area contributed by atoms with Gasteiger partial charge in [-0.2, -0.15) is 4.98 Å². The van der Waals surface area contributed by atoms with Crippen LogP contribution in [0.4, 0.5) is 27.5 Å². The van der Waals surface area contributed by atoms with Crippen LogP contribution >= 0.6 is 0 Å². The molecule has 0 aliphatic carbocycles. The topological polar surface area (TPSA) is 86.3 Å². The van der Waals surface area contributed by atoms with Crippen molar-refractivity contribution in [1.29, 1.82) is 0 Å². The van der Waals surface area contributed by atoms with Crippen molar-refractivity contribution < 1.29 is 9.18 Å². The highest BCUT2D eigenvalue weighted by Gasteiger charge is 2.26. The number of likely N-dealkylation sites (tertiary alicyclic amines) is 1. The molecule has 5 aromatic rings. The Balaban J connectivity index is 1.01. The molecule has 6 rings (SSSR count). The number of aryl methyl sites for hydroxylation is 1. The summed E-state index contributed by atoms with van der Waals surface area (Å²) in [7, 11) is 2.17. The van der Waals surface area contributed by atoms with Crippen molar-refractivity contribution in [2.24, 2.45) is 0 Å². The summed E-state index contributed by atoms with van der Waals surface area (Å²) in [6.07, 6.45) is 5.35. The lowest BCUT2D eigenvalue weighted by Gasteiger charge is -2.37. The Bertz CT molecular complexity index is 1740. The number of amides is 1. The van der Waals surface area contributed by atoms with E-state index in [9.17, 15) is 9.18 Å². The minimum absolute atomic E-state index is 0.0479. The molecule has 1 aliphatic heterocycles. The van der Waals surface area contributed by atoms with Crippen LogP contribution in [0.5, 0.6) is 0 Å². The quantitative estimate of drug-likeness (QED) is 0.213. The van der Waals surface area contributed by atoms with E-state index in [0.29, 0.717) is 28.9 Å². The predicted octanol–water partition coefficient (Wildman–Crippen LogP) is 6.70. The number of hydrogen-bond donors (Lipinski definition) is 2. The molecule has 3 aromatic carbocycles. The van der Waals surface area contributed by atoms with Gasteiger partial charge in [0, 0.05) is 60.4 Å². The van der Waals surface area contributed by atoms with Crippen LogP contribution in [0, 0.1) is 12.7 Å². The molecule has 0 bridgehead atoms. The van der Waals surface area contributed by atoms with Gasteiger partial charge in [0.15, 0.2) is 0 Å². The van der Waals surface area contributed by atoms with Crippen LogP contribution in [0.25, 0.3) is 10.9 Å². The summed E-state index contributed by atoms with van der Waals surface area (Å²) in [5.41, 5.74) is 5.01. The van der Waals surface area contributed by atoms with Gasteiger partial charge in [0.05, 0.1) is 5.52 Å². The number of anilines is 4. The second kappa shape index (κ2) is 12.5. The number of benzene rings is 3. The Labute approximate surface area is 250 Å². The van der Waals surface area contributed by atoms with E-state index in [4.69, 9.17) is 0 Å². The van der Waals surface area contributed by atoms with Crippen LogP contribution in [-0.4, -0.2) is 56.8 Å². The van der Waals surface area contributed by atoms with Crippen molar-refractivity contribution in [3.05, 3.63) is 114 Å². The van der Waals surface area contributed by atoms with E-state index >= 15 is 0 Å². The summed E-state index contributed by atoms with van der Waals surface area (Å²) in [6, 6.07) is 24.9. The molecule has 8 nitrogen and oxygen atoms in total. The number of piperidine rings is 1. The average molecular weight is 576 g/mol. The number of aromatic nitrogens is 3. The van der Waals surface area contributed by atoms with Gasteiger partial charge >= 0.3 is 0 Å². The van der Waals surface area contributed by atoms with Crippen LogP contribution in [0.3, 0.4) is 0 Å².